The zero-order chi connectivity index (χ0) is 32.0. The number of anilines is 1. The third-order valence-corrected chi connectivity index (χ3v) is 9.12. The van der Waals surface area contributed by atoms with Crippen molar-refractivity contribution in [1.82, 2.24) is 15.5 Å². The van der Waals surface area contributed by atoms with Gasteiger partial charge in [-0.1, -0.05) is 60.7 Å². The number of aliphatic hydroxyl groups is 1. The Morgan fingerprint density at radius 3 is 2.09 bits per heavy atom. The fourth-order valence-corrected chi connectivity index (χ4v) is 5.87. The number of hydrogen-bond donors (Lipinski definition) is 4. The van der Waals surface area contributed by atoms with Gasteiger partial charge in [-0.3, -0.25) is 13.9 Å². The summed E-state index contributed by atoms with van der Waals surface area (Å²) < 4.78 is 25.8. The van der Waals surface area contributed by atoms with E-state index >= 15 is 0 Å². The molecular weight excluding hydrogens is 584 g/mol. The molecule has 1 unspecified atom stereocenters. The first-order valence-electron chi connectivity index (χ1n) is 14.3. The highest BCUT2D eigenvalue weighted by Crippen LogP contribution is 2.25. The molecule has 1 aliphatic heterocycles. The highest BCUT2D eigenvalue weighted by Gasteiger charge is 2.38. The average Bonchev–Trinajstić information content (AvgIpc) is 3.51. The first kappa shape index (κ1) is 32.5. The molecule has 11 nitrogen and oxygen atoms in total. The molecule has 4 atom stereocenters. The monoisotopic (exact) mass is 622 g/mol. The fraction of sp³-hybridized carbons (Fsp3) is 0.344. The molecular formula is C32H38N4O7S. The minimum Gasteiger partial charge on any atom is -0.465 e. The molecule has 1 fully saturated rings. The highest BCUT2D eigenvalue weighted by molar-refractivity contribution is 7.92. The van der Waals surface area contributed by atoms with Crippen molar-refractivity contribution < 1.29 is 33.0 Å². The third kappa shape index (κ3) is 7.94. The first-order valence-corrected chi connectivity index (χ1v) is 16.2. The normalized spacial score (nSPS) is 16.9. The van der Waals surface area contributed by atoms with Crippen LogP contribution in [0, 0.1) is 0 Å². The number of hydrogen-bond acceptors (Lipinski definition) is 6. The molecule has 12 heteroatoms. The predicted molar refractivity (Wildman–Crippen MR) is 167 cm³/mol. The van der Waals surface area contributed by atoms with Crippen LogP contribution >= 0.6 is 0 Å². The van der Waals surface area contributed by atoms with Crippen molar-refractivity contribution in [2.24, 2.45) is 0 Å². The molecule has 1 heterocycles. The van der Waals surface area contributed by atoms with E-state index in [0.29, 0.717) is 12.8 Å². The first-order chi connectivity index (χ1) is 20.8. The van der Waals surface area contributed by atoms with E-state index in [4.69, 9.17) is 0 Å². The van der Waals surface area contributed by atoms with E-state index < -0.39 is 46.1 Å². The lowest BCUT2D eigenvalue weighted by molar-refractivity contribution is 0.0412. The molecule has 3 aromatic carbocycles. The van der Waals surface area contributed by atoms with E-state index in [1.807, 2.05) is 67.6 Å². The Kier molecular flexibility index (Phi) is 10.3. The fourth-order valence-electron chi connectivity index (χ4n) is 5.38. The van der Waals surface area contributed by atoms with Gasteiger partial charge in [-0.25, -0.2) is 13.2 Å². The molecule has 0 radical (unpaired) electrons. The van der Waals surface area contributed by atoms with Gasteiger partial charge in [-0.2, -0.15) is 0 Å². The van der Waals surface area contributed by atoms with Crippen LogP contribution in [0.15, 0.2) is 78.9 Å². The number of nitrogens with one attached hydrogen (secondary N) is 2. The third-order valence-electron chi connectivity index (χ3n) is 7.92. The van der Waals surface area contributed by atoms with E-state index in [-0.39, 0.29) is 35.8 Å². The summed E-state index contributed by atoms with van der Waals surface area (Å²) in [7, 11) is -2.42. The van der Waals surface area contributed by atoms with Crippen LogP contribution in [0.1, 0.15) is 57.7 Å². The summed E-state index contributed by atoms with van der Waals surface area (Å²) in [5, 5.41) is 26.8. The van der Waals surface area contributed by atoms with Gasteiger partial charge in [0.1, 0.15) is 0 Å². The Balaban J connectivity index is 1.67. The van der Waals surface area contributed by atoms with Crippen molar-refractivity contribution in [2.75, 3.05) is 24.2 Å². The van der Waals surface area contributed by atoms with Crippen molar-refractivity contribution in [1.29, 1.82) is 0 Å². The lowest BCUT2D eigenvalue weighted by atomic mass is 9.94. The number of benzene rings is 3. The van der Waals surface area contributed by atoms with Crippen molar-refractivity contribution in [3.05, 3.63) is 101 Å². The van der Waals surface area contributed by atoms with Crippen LogP contribution in [0.2, 0.25) is 0 Å². The van der Waals surface area contributed by atoms with Gasteiger partial charge in [-0.05, 0) is 55.5 Å². The van der Waals surface area contributed by atoms with Crippen molar-refractivity contribution in [3.8, 4) is 0 Å². The van der Waals surface area contributed by atoms with Gasteiger partial charge in [0.05, 0.1) is 36.2 Å². The second kappa shape index (κ2) is 13.9. The van der Waals surface area contributed by atoms with Gasteiger partial charge < -0.3 is 25.7 Å². The van der Waals surface area contributed by atoms with Gasteiger partial charge in [0.2, 0.25) is 10.0 Å². The van der Waals surface area contributed by atoms with Crippen molar-refractivity contribution >= 4 is 33.6 Å². The summed E-state index contributed by atoms with van der Waals surface area (Å²) in [6, 6.07) is 20.6. The number of likely N-dealkylation sites (tertiary alicyclic amines) is 1. The van der Waals surface area contributed by atoms with Gasteiger partial charge in [0.25, 0.3) is 11.8 Å². The Morgan fingerprint density at radius 1 is 0.955 bits per heavy atom. The number of sulfonamides is 1. The molecule has 0 spiro atoms. The Morgan fingerprint density at radius 2 is 1.52 bits per heavy atom. The van der Waals surface area contributed by atoms with Crippen molar-refractivity contribution in [3.63, 3.8) is 0 Å². The maximum Gasteiger partial charge on any atom is 0.407 e. The average molecular weight is 623 g/mol. The Hall–Kier alpha value is -4.42. The van der Waals surface area contributed by atoms with Crippen molar-refractivity contribution in [2.45, 2.75) is 50.4 Å². The molecule has 234 valence electrons. The Bertz CT molecular complexity index is 1580. The molecule has 0 aromatic heterocycles. The molecule has 4 N–H and O–H groups in total. The number of amides is 3. The summed E-state index contributed by atoms with van der Waals surface area (Å²) >= 11 is 0. The number of carbonyl (C=O) groups excluding carboxylic acids is 2. The smallest absolute Gasteiger partial charge is 0.407 e. The number of aliphatic hydroxyl groups excluding tert-OH is 1. The minimum atomic E-state index is -3.74. The maximum absolute atomic E-state index is 13.8. The standard InChI is InChI=1S/C32H38N4O7S/c1-21(23-13-8-5-9-14-23)33-30(38)24-18-25(20-26(19-24)35(2)44(3,42)43)31(39)34-27(17-22-11-6-4-7-12-22)29(37)28-15-10-16-36(28)32(40)41/h4-9,11-14,18-21,27-29,37H,10,15-17H2,1-3H3,(H,33,38)(H,34,39)(H,40,41)/t21-,27+,28?,29+/m1/s1. The summed E-state index contributed by atoms with van der Waals surface area (Å²) in [6.07, 6.45) is -0.128. The topological polar surface area (TPSA) is 156 Å². The van der Waals surface area contributed by atoms with Gasteiger partial charge in [0.15, 0.2) is 0 Å². The van der Waals surface area contributed by atoms with Crippen LogP contribution in [-0.2, 0) is 16.4 Å². The number of nitrogens with zero attached hydrogens (tertiary/aromatic N) is 2. The quantitative estimate of drug-likeness (QED) is 0.255. The predicted octanol–water partition coefficient (Wildman–Crippen LogP) is 3.42. The number of carboxylic acid groups (broad SMARTS) is 1. The van der Waals surface area contributed by atoms with Crippen LogP contribution in [0.5, 0.6) is 0 Å². The second-order valence-electron chi connectivity index (χ2n) is 11.1. The van der Waals surface area contributed by atoms with Gasteiger partial charge in [-0.15, -0.1) is 0 Å². The molecule has 1 aliphatic rings. The molecule has 0 saturated carbocycles. The van der Waals surface area contributed by atoms with Gasteiger partial charge >= 0.3 is 6.09 Å². The SMILES string of the molecule is C[C@@H](NC(=O)c1cc(C(=O)N[C@@H](Cc2ccccc2)[C@H](O)C2CCCN2C(=O)O)cc(N(C)S(C)(=O)=O)c1)c1ccccc1. The molecule has 3 aromatic rings. The van der Waals surface area contributed by atoms with E-state index in [0.717, 1.165) is 21.7 Å². The maximum atomic E-state index is 13.8. The van der Waals surface area contributed by atoms with Crippen LogP contribution < -0.4 is 14.9 Å². The Labute approximate surface area is 257 Å². The summed E-state index contributed by atoms with van der Waals surface area (Å²) in [5.74, 6) is -1.16. The number of carbonyl (C=O) groups is 3. The minimum absolute atomic E-state index is 0.00212. The van der Waals surface area contributed by atoms with Gasteiger partial charge in [0, 0.05) is 24.7 Å². The summed E-state index contributed by atoms with van der Waals surface area (Å²) in [4.78, 5) is 40.1. The molecule has 0 bridgehead atoms. The van der Waals surface area contributed by atoms with Crippen LogP contribution in [-0.4, -0.2) is 79.5 Å². The zero-order valence-electron chi connectivity index (χ0n) is 24.9. The molecule has 4 rings (SSSR count). The van der Waals surface area contributed by atoms with Crippen LogP contribution in [0.4, 0.5) is 10.5 Å². The molecule has 0 aliphatic carbocycles. The van der Waals surface area contributed by atoms with E-state index in [2.05, 4.69) is 10.6 Å². The van der Waals surface area contributed by atoms with Crippen LogP contribution in [0.25, 0.3) is 0 Å². The van der Waals surface area contributed by atoms with Crippen LogP contribution in [0.3, 0.4) is 0 Å². The largest absolute Gasteiger partial charge is 0.465 e. The molecule has 44 heavy (non-hydrogen) atoms. The zero-order valence-corrected chi connectivity index (χ0v) is 25.7. The summed E-state index contributed by atoms with van der Waals surface area (Å²) in [5.41, 5.74) is 1.85. The van der Waals surface area contributed by atoms with E-state index in [9.17, 15) is 33.0 Å². The lowest BCUT2D eigenvalue weighted by Gasteiger charge is -2.32. The molecule has 1 saturated heterocycles. The lowest BCUT2D eigenvalue weighted by Crippen LogP contribution is -2.54. The molecule has 3 amide bonds. The number of rotatable bonds is 11. The highest BCUT2D eigenvalue weighted by atomic mass is 32.2. The summed E-state index contributed by atoms with van der Waals surface area (Å²) in [6.45, 7) is 2.09. The van der Waals surface area contributed by atoms with E-state index in [1.165, 1.54) is 30.1 Å². The second-order valence-corrected chi connectivity index (χ2v) is 13.1. The van der Waals surface area contributed by atoms with E-state index in [1.54, 1.807) is 0 Å².